The summed E-state index contributed by atoms with van der Waals surface area (Å²) in [4.78, 5) is 16.5. The average Bonchev–Trinajstić information content (AvgIpc) is 2.44. The normalized spacial score (nSPS) is 16.0. The lowest BCUT2D eigenvalue weighted by Gasteiger charge is -2.34. The molecule has 1 aromatic rings. The lowest BCUT2D eigenvalue weighted by Crippen LogP contribution is -2.50. The maximum absolute atomic E-state index is 12.2. The van der Waals surface area contributed by atoms with Gasteiger partial charge in [-0.15, -0.1) is 0 Å². The van der Waals surface area contributed by atoms with E-state index in [4.69, 9.17) is 23.2 Å². The molecule has 0 spiro atoms. The fraction of sp³-hybridized carbons (Fsp3) is 0.533. The van der Waals surface area contributed by atoms with Crippen LogP contribution >= 0.6 is 23.2 Å². The fourth-order valence-corrected chi connectivity index (χ4v) is 2.91. The zero-order chi connectivity index (χ0) is 15.2. The number of hydrogen-bond donors (Lipinski definition) is 1. The molecule has 21 heavy (non-hydrogen) atoms. The zero-order valence-electron chi connectivity index (χ0n) is 12.2. The number of unbranched alkanes of at least 4 members (excludes halogenated alkanes) is 1. The number of nitrogens with zero attached hydrogens (tertiary/aromatic N) is 2. The SMILES string of the molecule is CCCCN1CCN(C(=O)Nc2cc(Cl)cc(Cl)c2)CC1. The van der Waals surface area contributed by atoms with Gasteiger partial charge in [0.25, 0.3) is 0 Å². The van der Waals surface area contributed by atoms with Gasteiger partial charge in [-0.3, -0.25) is 4.90 Å². The van der Waals surface area contributed by atoms with Gasteiger partial charge in [0.1, 0.15) is 0 Å². The predicted octanol–water partition coefficient (Wildman–Crippen LogP) is 3.94. The first kappa shape index (κ1) is 16.4. The Kier molecular flexibility index (Phi) is 6.15. The van der Waals surface area contributed by atoms with E-state index in [0.29, 0.717) is 15.7 Å². The summed E-state index contributed by atoms with van der Waals surface area (Å²) in [7, 11) is 0. The third kappa shape index (κ3) is 5.06. The summed E-state index contributed by atoms with van der Waals surface area (Å²) >= 11 is 11.9. The van der Waals surface area contributed by atoms with Crippen LogP contribution in [0, 0.1) is 0 Å². The number of amides is 2. The standard InChI is InChI=1S/C15H21Cl2N3O/c1-2-3-4-19-5-7-20(8-6-19)15(21)18-14-10-12(16)9-13(17)11-14/h9-11H,2-8H2,1H3,(H,18,21). The van der Waals surface area contributed by atoms with Crippen molar-refractivity contribution in [1.29, 1.82) is 0 Å². The highest BCUT2D eigenvalue weighted by atomic mass is 35.5. The highest BCUT2D eigenvalue weighted by molar-refractivity contribution is 6.35. The molecule has 0 unspecified atom stereocenters. The molecule has 1 saturated heterocycles. The van der Waals surface area contributed by atoms with Crippen molar-refractivity contribution in [3.63, 3.8) is 0 Å². The van der Waals surface area contributed by atoms with Crippen LogP contribution in [-0.2, 0) is 0 Å². The minimum atomic E-state index is -0.0940. The predicted molar refractivity (Wildman–Crippen MR) is 88.4 cm³/mol. The molecule has 4 nitrogen and oxygen atoms in total. The second-order valence-electron chi connectivity index (χ2n) is 5.27. The van der Waals surface area contributed by atoms with Gasteiger partial charge in [-0.05, 0) is 31.2 Å². The molecule has 1 aromatic carbocycles. The van der Waals surface area contributed by atoms with E-state index >= 15 is 0 Å². The van der Waals surface area contributed by atoms with Crippen LogP contribution in [0.25, 0.3) is 0 Å². The average molecular weight is 330 g/mol. The van der Waals surface area contributed by atoms with E-state index in [0.717, 1.165) is 32.7 Å². The molecule has 0 radical (unpaired) electrons. The molecule has 1 fully saturated rings. The summed E-state index contributed by atoms with van der Waals surface area (Å²) < 4.78 is 0. The molecule has 0 bridgehead atoms. The molecular formula is C15H21Cl2N3O. The van der Waals surface area contributed by atoms with Gasteiger partial charge in [0.2, 0.25) is 0 Å². The Labute approximate surface area is 136 Å². The maximum Gasteiger partial charge on any atom is 0.321 e. The topological polar surface area (TPSA) is 35.6 Å². The molecule has 116 valence electrons. The number of urea groups is 1. The van der Waals surface area contributed by atoms with Crippen molar-refractivity contribution in [3.8, 4) is 0 Å². The third-order valence-electron chi connectivity index (χ3n) is 3.60. The molecule has 1 aliphatic rings. The van der Waals surface area contributed by atoms with Crippen molar-refractivity contribution in [2.45, 2.75) is 19.8 Å². The highest BCUT2D eigenvalue weighted by Gasteiger charge is 2.20. The zero-order valence-corrected chi connectivity index (χ0v) is 13.8. The summed E-state index contributed by atoms with van der Waals surface area (Å²) in [5.41, 5.74) is 0.630. The number of piperazine rings is 1. The Hall–Kier alpha value is -0.970. The lowest BCUT2D eigenvalue weighted by molar-refractivity contribution is 0.146. The Bertz CT molecular complexity index is 468. The van der Waals surface area contributed by atoms with E-state index in [1.54, 1.807) is 18.2 Å². The van der Waals surface area contributed by atoms with Crippen LogP contribution in [-0.4, -0.2) is 48.6 Å². The molecule has 0 aromatic heterocycles. The third-order valence-corrected chi connectivity index (χ3v) is 4.04. The number of carbonyl (C=O) groups is 1. The van der Waals surface area contributed by atoms with E-state index in [9.17, 15) is 4.79 Å². The van der Waals surface area contributed by atoms with Crippen molar-refractivity contribution in [3.05, 3.63) is 28.2 Å². The molecule has 6 heteroatoms. The lowest BCUT2D eigenvalue weighted by atomic mass is 10.2. The van der Waals surface area contributed by atoms with Gasteiger partial charge in [-0.2, -0.15) is 0 Å². The second-order valence-corrected chi connectivity index (χ2v) is 6.14. The van der Waals surface area contributed by atoms with Gasteiger partial charge in [0.15, 0.2) is 0 Å². The maximum atomic E-state index is 12.2. The van der Waals surface area contributed by atoms with E-state index in [2.05, 4.69) is 17.1 Å². The van der Waals surface area contributed by atoms with Crippen LogP contribution in [0.15, 0.2) is 18.2 Å². The number of anilines is 1. The monoisotopic (exact) mass is 329 g/mol. The first-order valence-corrected chi connectivity index (χ1v) is 8.08. The Balaban J connectivity index is 1.84. The van der Waals surface area contributed by atoms with Gasteiger partial charge in [-0.25, -0.2) is 4.79 Å². The fourth-order valence-electron chi connectivity index (χ4n) is 2.38. The number of halogens is 2. The van der Waals surface area contributed by atoms with Gasteiger partial charge in [-0.1, -0.05) is 36.5 Å². The number of rotatable bonds is 4. The largest absolute Gasteiger partial charge is 0.322 e. The Morgan fingerprint density at radius 2 is 1.76 bits per heavy atom. The van der Waals surface area contributed by atoms with Crippen LogP contribution in [0.2, 0.25) is 10.0 Å². The summed E-state index contributed by atoms with van der Waals surface area (Å²) in [6.45, 7) is 6.69. The van der Waals surface area contributed by atoms with Crippen LogP contribution < -0.4 is 5.32 Å². The van der Waals surface area contributed by atoms with Crippen molar-refractivity contribution in [2.24, 2.45) is 0 Å². The van der Waals surface area contributed by atoms with E-state index in [-0.39, 0.29) is 6.03 Å². The quantitative estimate of drug-likeness (QED) is 0.907. The van der Waals surface area contributed by atoms with Crippen molar-refractivity contribution in [2.75, 3.05) is 38.0 Å². The Morgan fingerprint density at radius 3 is 2.33 bits per heavy atom. The molecule has 2 rings (SSSR count). The summed E-state index contributed by atoms with van der Waals surface area (Å²) in [5, 5.41) is 3.88. The number of carbonyl (C=O) groups excluding carboxylic acids is 1. The summed E-state index contributed by atoms with van der Waals surface area (Å²) in [6, 6.07) is 4.94. The smallest absolute Gasteiger partial charge is 0.321 e. The van der Waals surface area contributed by atoms with E-state index in [1.165, 1.54) is 12.8 Å². The minimum Gasteiger partial charge on any atom is -0.322 e. The summed E-state index contributed by atoms with van der Waals surface area (Å²) in [5.74, 6) is 0. The number of hydrogen-bond acceptors (Lipinski definition) is 2. The molecule has 0 aliphatic carbocycles. The van der Waals surface area contributed by atoms with E-state index in [1.807, 2.05) is 4.90 Å². The Morgan fingerprint density at radius 1 is 1.14 bits per heavy atom. The van der Waals surface area contributed by atoms with Crippen LogP contribution in [0.1, 0.15) is 19.8 Å². The second kappa shape index (κ2) is 7.87. The minimum absolute atomic E-state index is 0.0940. The molecule has 0 atom stereocenters. The van der Waals surface area contributed by atoms with Gasteiger partial charge >= 0.3 is 6.03 Å². The first-order valence-electron chi connectivity index (χ1n) is 7.33. The number of benzene rings is 1. The van der Waals surface area contributed by atoms with Gasteiger partial charge < -0.3 is 10.2 Å². The molecule has 2 amide bonds. The van der Waals surface area contributed by atoms with Crippen molar-refractivity contribution >= 4 is 34.9 Å². The molecule has 1 heterocycles. The van der Waals surface area contributed by atoms with Crippen molar-refractivity contribution < 1.29 is 4.79 Å². The highest BCUT2D eigenvalue weighted by Crippen LogP contribution is 2.22. The van der Waals surface area contributed by atoms with Crippen LogP contribution in [0.4, 0.5) is 10.5 Å². The van der Waals surface area contributed by atoms with Crippen LogP contribution in [0.5, 0.6) is 0 Å². The molecule has 1 N–H and O–H groups in total. The molecule has 1 aliphatic heterocycles. The van der Waals surface area contributed by atoms with Gasteiger partial charge in [0.05, 0.1) is 0 Å². The number of nitrogens with one attached hydrogen (secondary N) is 1. The van der Waals surface area contributed by atoms with Crippen molar-refractivity contribution in [1.82, 2.24) is 9.80 Å². The summed E-state index contributed by atoms with van der Waals surface area (Å²) in [6.07, 6.45) is 2.42. The van der Waals surface area contributed by atoms with Crippen LogP contribution in [0.3, 0.4) is 0 Å². The molecule has 0 saturated carbocycles. The van der Waals surface area contributed by atoms with Gasteiger partial charge in [0, 0.05) is 41.9 Å². The molecular weight excluding hydrogens is 309 g/mol. The van der Waals surface area contributed by atoms with E-state index < -0.39 is 0 Å². The first-order chi connectivity index (χ1) is 10.1.